The van der Waals surface area contributed by atoms with Gasteiger partial charge in [0.25, 0.3) is 5.22 Å². The van der Waals surface area contributed by atoms with E-state index in [-0.39, 0.29) is 11.7 Å². The standard InChI is InChI=1S/C17H17FN4O2S2/c1-10(16(23)19-8-12-3-5-13(18)6-4-12)26-17-22-21-15(24-17)7-14-9-25-11(2)20-14/h3-6,9-10H,7-8H2,1-2H3,(H,19,23)/t10-/m0/s1. The van der Waals surface area contributed by atoms with Gasteiger partial charge < -0.3 is 9.73 Å². The van der Waals surface area contributed by atoms with Gasteiger partial charge in [0.05, 0.1) is 22.4 Å². The third-order valence-electron chi connectivity index (χ3n) is 3.47. The van der Waals surface area contributed by atoms with Gasteiger partial charge in [0.1, 0.15) is 5.82 Å². The van der Waals surface area contributed by atoms with Crippen LogP contribution in [0.3, 0.4) is 0 Å². The molecule has 0 radical (unpaired) electrons. The number of aromatic nitrogens is 3. The summed E-state index contributed by atoms with van der Waals surface area (Å²) in [6.45, 7) is 4.04. The molecule has 0 aliphatic rings. The van der Waals surface area contributed by atoms with Crippen LogP contribution < -0.4 is 5.32 Å². The zero-order valence-electron chi connectivity index (χ0n) is 14.2. The maximum atomic E-state index is 12.9. The number of amides is 1. The van der Waals surface area contributed by atoms with Gasteiger partial charge in [-0.25, -0.2) is 9.37 Å². The number of nitrogens with one attached hydrogen (secondary N) is 1. The SMILES string of the molecule is Cc1nc(Cc2nnc(S[C@@H](C)C(=O)NCc3ccc(F)cc3)o2)cs1. The molecule has 0 saturated heterocycles. The van der Waals surface area contributed by atoms with Crippen molar-refractivity contribution >= 4 is 29.0 Å². The first-order valence-corrected chi connectivity index (χ1v) is 9.68. The summed E-state index contributed by atoms with van der Waals surface area (Å²) in [5.41, 5.74) is 1.72. The molecule has 0 saturated carbocycles. The Labute approximate surface area is 158 Å². The second-order valence-electron chi connectivity index (χ2n) is 5.60. The highest BCUT2D eigenvalue weighted by atomic mass is 32.2. The number of hydrogen-bond acceptors (Lipinski definition) is 7. The molecule has 1 aromatic carbocycles. The van der Waals surface area contributed by atoms with Crippen LogP contribution in [0.2, 0.25) is 0 Å². The van der Waals surface area contributed by atoms with Gasteiger partial charge in [0.2, 0.25) is 11.8 Å². The molecule has 26 heavy (non-hydrogen) atoms. The normalized spacial score (nSPS) is 12.1. The molecular weight excluding hydrogens is 375 g/mol. The zero-order chi connectivity index (χ0) is 18.5. The number of carbonyl (C=O) groups is 1. The van der Waals surface area contributed by atoms with Crippen LogP contribution in [0.4, 0.5) is 4.39 Å². The lowest BCUT2D eigenvalue weighted by Crippen LogP contribution is -2.30. The number of thioether (sulfide) groups is 1. The quantitative estimate of drug-likeness (QED) is 0.621. The first-order valence-electron chi connectivity index (χ1n) is 7.92. The summed E-state index contributed by atoms with van der Waals surface area (Å²) >= 11 is 2.77. The number of rotatable bonds is 7. The molecule has 9 heteroatoms. The lowest BCUT2D eigenvalue weighted by molar-refractivity contribution is -0.120. The fourth-order valence-electron chi connectivity index (χ4n) is 2.14. The van der Waals surface area contributed by atoms with Crippen LogP contribution in [0.1, 0.15) is 29.1 Å². The molecule has 1 amide bonds. The molecule has 6 nitrogen and oxygen atoms in total. The van der Waals surface area contributed by atoms with Crippen LogP contribution in [-0.2, 0) is 17.8 Å². The van der Waals surface area contributed by atoms with Crippen LogP contribution >= 0.6 is 23.1 Å². The average Bonchev–Trinajstić information content (AvgIpc) is 3.23. The van der Waals surface area contributed by atoms with Gasteiger partial charge in [0.15, 0.2) is 0 Å². The highest BCUT2D eigenvalue weighted by Gasteiger charge is 2.18. The summed E-state index contributed by atoms with van der Waals surface area (Å²) < 4.78 is 18.5. The molecule has 0 aliphatic heterocycles. The molecular formula is C17H17FN4O2S2. The van der Waals surface area contributed by atoms with Crippen LogP contribution in [-0.4, -0.2) is 26.3 Å². The van der Waals surface area contributed by atoms with E-state index in [0.29, 0.717) is 24.1 Å². The van der Waals surface area contributed by atoms with Gasteiger partial charge in [-0.05, 0) is 31.5 Å². The summed E-state index contributed by atoms with van der Waals surface area (Å²) in [4.78, 5) is 16.5. The Hall–Kier alpha value is -2.26. The van der Waals surface area contributed by atoms with Gasteiger partial charge in [-0.2, -0.15) is 0 Å². The average molecular weight is 392 g/mol. The lowest BCUT2D eigenvalue weighted by Gasteiger charge is -2.09. The molecule has 0 aliphatic carbocycles. The minimum atomic E-state index is -0.398. The summed E-state index contributed by atoms with van der Waals surface area (Å²) in [5, 5.41) is 13.7. The number of halogens is 1. The number of carbonyl (C=O) groups excluding carboxylic acids is 1. The molecule has 1 atom stereocenters. The van der Waals surface area contributed by atoms with Crippen molar-refractivity contribution in [2.45, 2.75) is 37.3 Å². The number of nitrogens with zero attached hydrogens (tertiary/aromatic N) is 3. The molecule has 0 bridgehead atoms. The predicted molar refractivity (Wildman–Crippen MR) is 97.5 cm³/mol. The number of hydrogen-bond donors (Lipinski definition) is 1. The first kappa shape index (κ1) is 18.5. The zero-order valence-corrected chi connectivity index (χ0v) is 15.9. The second-order valence-corrected chi connectivity index (χ2v) is 7.95. The Morgan fingerprint density at radius 3 is 2.81 bits per heavy atom. The topological polar surface area (TPSA) is 80.9 Å². The van der Waals surface area contributed by atoms with Crippen molar-refractivity contribution in [3.05, 3.63) is 57.6 Å². The minimum Gasteiger partial charge on any atom is -0.416 e. The van der Waals surface area contributed by atoms with E-state index in [2.05, 4.69) is 20.5 Å². The maximum Gasteiger partial charge on any atom is 0.277 e. The number of thiazole rings is 1. The van der Waals surface area contributed by atoms with Crippen LogP contribution in [0.15, 0.2) is 39.3 Å². The molecule has 0 spiro atoms. The van der Waals surface area contributed by atoms with E-state index in [1.165, 1.54) is 23.9 Å². The van der Waals surface area contributed by atoms with Crippen molar-refractivity contribution in [2.24, 2.45) is 0 Å². The summed E-state index contributed by atoms with van der Waals surface area (Å²) in [6, 6.07) is 6.00. The Morgan fingerprint density at radius 2 is 2.12 bits per heavy atom. The first-order chi connectivity index (χ1) is 12.5. The molecule has 3 rings (SSSR count). The van der Waals surface area contributed by atoms with E-state index in [9.17, 15) is 9.18 Å². The Balaban J connectivity index is 1.50. The Kier molecular flexibility index (Phi) is 6.00. The van der Waals surface area contributed by atoms with Crippen molar-refractivity contribution in [1.29, 1.82) is 0 Å². The number of benzene rings is 1. The van der Waals surface area contributed by atoms with E-state index in [1.807, 2.05) is 12.3 Å². The van der Waals surface area contributed by atoms with Crippen LogP contribution in [0, 0.1) is 12.7 Å². The third-order valence-corrected chi connectivity index (χ3v) is 5.23. The second kappa shape index (κ2) is 8.41. The van der Waals surface area contributed by atoms with E-state index >= 15 is 0 Å². The van der Waals surface area contributed by atoms with Gasteiger partial charge in [-0.3, -0.25) is 4.79 Å². The van der Waals surface area contributed by atoms with E-state index in [4.69, 9.17) is 4.42 Å². The van der Waals surface area contributed by atoms with Crippen molar-refractivity contribution in [3.63, 3.8) is 0 Å². The summed E-state index contributed by atoms with van der Waals surface area (Å²) in [7, 11) is 0. The fourth-order valence-corrected chi connectivity index (χ4v) is 3.48. The van der Waals surface area contributed by atoms with Crippen molar-refractivity contribution < 1.29 is 13.6 Å². The van der Waals surface area contributed by atoms with Crippen LogP contribution in [0.25, 0.3) is 0 Å². The molecule has 136 valence electrons. The maximum absolute atomic E-state index is 12.9. The van der Waals surface area contributed by atoms with E-state index in [0.717, 1.165) is 16.3 Å². The van der Waals surface area contributed by atoms with Gasteiger partial charge in [-0.15, -0.1) is 21.5 Å². The highest BCUT2D eigenvalue weighted by Crippen LogP contribution is 2.23. The molecule has 2 heterocycles. The van der Waals surface area contributed by atoms with E-state index < -0.39 is 5.25 Å². The molecule has 2 aromatic heterocycles. The van der Waals surface area contributed by atoms with Gasteiger partial charge in [0, 0.05) is 11.9 Å². The smallest absolute Gasteiger partial charge is 0.277 e. The van der Waals surface area contributed by atoms with Crippen molar-refractivity contribution in [1.82, 2.24) is 20.5 Å². The van der Waals surface area contributed by atoms with Crippen molar-refractivity contribution in [3.8, 4) is 0 Å². The number of aryl methyl sites for hydroxylation is 1. The molecule has 3 aromatic rings. The van der Waals surface area contributed by atoms with Crippen molar-refractivity contribution in [2.75, 3.05) is 0 Å². The summed E-state index contributed by atoms with van der Waals surface area (Å²) in [5.74, 6) is 0.00920. The van der Waals surface area contributed by atoms with Gasteiger partial charge in [-0.1, -0.05) is 23.9 Å². The van der Waals surface area contributed by atoms with Gasteiger partial charge >= 0.3 is 0 Å². The Bertz CT molecular complexity index is 879. The summed E-state index contributed by atoms with van der Waals surface area (Å²) in [6.07, 6.45) is 0.475. The largest absolute Gasteiger partial charge is 0.416 e. The fraction of sp³-hybridized carbons (Fsp3) is 0.294. The molecule has 0 unspecified atom stereocenters. The lowest BCUT2D eigenvalue weighted by atomic mass is 10.2. The monoisotopic (exact) mass is 392 g/mol. The molecule has 0 fully saturated rings. The highest BCUT2D eigenvalue weighted by molar-refractivity contribution is 8.00. The Morgan fingerprint density at radius 1 is 1.35 bits per heavy atom. The van der Waals surface area contributed by atoms with Crippen LogP contribution in [0.5, 0.6) is 0 Å². The predicted octanol–water partition coefficient (Wildman–Crippen LogP) is 3.36. The third kappa shape index (κ3) is 5.12. The molecule has 1 N–H and O–H groups in total. The van der Waals surface area contributed by atoms with E-state index in [1.54, 1.807) is 30.4 Å². The minimum absolute atomic E-state index is 0.158.